The number of nitrogens with zero attached hydrogens (tertiary/aromatic N) is 3. The van der Waals surface area contributed by atoms with Gasteiger partial charge in [0.2, 0.25) is 0 Å². The fourth-order valence-corrected chi connectivity index (χ4v) is 4.29. The van der Waals surface area contributed by atoms with Gasteiger partial charge in [0.1, 0.15) is 21.8 Å². The van der Waals surface area contributed by atoms with Crippen molar-refractivity contribution in [1.29, 1.82) is 0 Å². The second kappa shape index (κ2) is 9.42. The molecular formula is C21H22ClN5O3S. The van der Waals surface area contributed by atoms with Gasteiger partial charge < -0.3 is 15.2 Å². The maximum Gasteiger partial charge on any atom is 0.255 e. The van der Waals surface area contributed by atoms with E-state index < -0.39 is 0 Å². The summed E-state index contributed by atoms with van der Waals surface area (Å²) >= 11 is 7.62. The number of halogens is 1. The molecule has 1 saturated carbocycles. The molecule has 4 rings (SSSR count). The number of aliphatic hydroxyl groups is 1. The fraction of sp³-hybridized carbons (Fsp3) is 0.381. The zero-order valence-corrected chi connectivity index (χ0v) is 18.6. The summed E-state index contributed by atoms with van der Waals surface area (Å²) in [6.45, 7) is -0.262. The van der Waals surface area contributed by atoms with Gasteiger partial charge in [0.05, 0.1) is 31.2 Å². The topological polar surface area (TPSA) is 99.6 Å². The van der Waals surface area contributed by atoms with Crippen molar-refractivity contribution in [3.05, 3.63) is 40.9 Å². The second-order valence-corrected chi connectivity index (χ2v) is 8.81. The van der Waals surface area contributed by atoms with Crippen LogP contribution in [0, 0.1) is 17.8 Å². The SMILES string of the molecule is COc1cnc(Cl)cc1-c1cc(CO)ncc1C(=O)NC1NN(C)C(C#CC2CC2)S1. The number of methoxy groups -OCH3 is 1. The highest BCUT2D eigenvalue weighted by atomic mass is 35.5. The van der Waals surface area contributed by atoms with Gasteiger partial charge in [-0.3, -0.25) is 9.78 Å². The van der Waals surface area contributed by atoms with Gasteiger partial charge in [-0.05, 0) is 25.0 Å². The number of thioether (sulfide) groups is 1. The zero-order valence-electron chi connectivity index (χ0n) is 17.1. The van der Waals surface area contributed by atoms with E-state index >= 15 is 0 Å². The highest BCUT2D eigenvalue weighted by Gasteiger charge is 2.31. The lowest BCUT2D eigenvalue weighted by Gasteiger charge is -2.17. The molecule has 3 N–H and O–H groups in total. The molecule has 2 aromatic heterocycles. The number of carbonyl (C=O) groups excluding carboxylic acids is 1. The first kappa shape index (κ1) is 21.9. The average molecular weight is 460 g/mol. The van der Waals surface area contributed by atoms with Crippen molar-refractivity contribution in [2.75, 3.05) is 14.2 Å². The summed E-state index contributed by atoms with van der Waals surface area (Å²) in [6, 6.07) is 3.27. The summed E-state index contributed by atoms with van der Waals surface area (Å²) in [5.41, 5.74) is 4.74. The molecule has 2 atom stereocenters. The van der Waals surface area contributed by atoms with Crippen LogP contribution in [0.3, 0.4) is 0 Å². The van der Waals surface area contributed by atoms with E-state index in [1.54, 1.807) is 12.1 Å². The van der Waals surface area contributed by atoms with Crippen LogP contribution in [0.5, 0.6) is 5.75 Å². The molecule has 2 unspecified atom stereocenters. The van der Waals surface area contributed by atoms with Gasteiger partial charge in [0.15, 0.2) is 0 Å². The Labute approximate surface area is 189 Å². The van der Waals surface area contributed by atoms with Crippen LogP contribution in [0.4, 0.5) is 0 Å². The van der Waals surface area contributed by atoms with E-state index in [0.717, 1.165) is 0 Å². The quantitative estimate of drug-likeness (QED) is 0.462. The van der Waals surface area contributed by atoms with Gasteiger partial charge in [-0.2, -0.15) is 0 Å². The Kier molecular flexibility index (Phi) is 6.65. The number of rotatable bonds is 5. The first-order valence-corrected chi connectivity index (χ1v) is 11.1. The van der Waals surface area contributed by atoms with E-state index in [1.807, 2.05) is 12.1 Å². The van der Waals surface area contributed by atoms with Crippen molar-refractivity contribution in [3.63, 3.8) is 0 Å². The summed E-state index contributed by atoms with van der Waals surface area (Å²) in [5.74, 6) is 7.17. The number of nitrogens with one attached hydrogen (secondary N) is 2. The van der Waals surface area contributed by atoms with Crippen LogP contribution < -0.4 is 15.5 Å². The van der Waals surface area contributed by atoms with Crippen LogP contribution in [-0.4, -0.2) is 51.0 Å². The summed E-state index contributed by atoms with van der Waals surface area (Å²) < 4.78 is 5.40. The molecule has 3 heterocycles. The van der Waals surface area contributed by atoms with E-state index in [4.69, 9.17) is 16.3 Å². The van der Waals surface area contributed by atoms with Crippen LogP contribution in [0.15, 0.2) is 24.5 Å². The maximum absolute atomic E-state index is 13.2. The Morgan fingerprint density at radius 1 is 1.35 bits per heavy atom. The fourth-order valence-electron chi connectivity index (χ4n) is 3.09. The van der Waals surface area contributed by atoms with Crippen LogP contribution in [0.2, 0.25) is 5.15 Å². The number of aromatic nitrogens is 2. The summed E-state index contributed by atoms with van der Waals surface area (Å²) in [4.78, 5) is 21.4. The molecule has 2 aromatic rings. The third kappa shape index (κ3) is 5.11. The Hall–Kier alpha value is -2.35. The van der Waals surface area contributed by atoms with Crippen LogP contribution in [0.25, 0.3) is 11.1 Å². The van der Waals surface area contributed by atoms with E-state index in [-0.39, 0.29) is 28.5 Å². The van der Waals surface area contributed by atoms with Gasteiger partial charge >= 0.3 is 0 Å². The summed E-state index contributed by atoms with van der Waals surface area (Å²) in [7, 11) is 3.41. The van der Waals surface area contributed by atoms with Gasteiger partial charge in [-0.15, -0.1) is 0 Å². The van der Waals surface area contributed by atoms with E-state index in [1.165, 1.54) is 44.1 Å². The van der Waals surface area contributed by atoms with Crippen LogP contribution in [0.1, 0.15) is 28.9 Å². The molecule has 2 aliphatic rings. The van der Waals surface area contributed by atoms with Crippen molar-refractivity contribution >= 4 is 29.3 Å². The summed E-state index contributed by atoms with van der Waals surface area (Å²) in [5, 5.41) is 14.6. The number of hydrogen-bond donors (Lipinski definition) is 3. The minimum Gasteiger partial charge on any atom is -0.494 e. The lowest BCUT2D eigenvalue weighted by atomic mass is 10.00. The number of carbonyl (C=O) groups is 1. The Morgan fingerprint density at radius 2 is 2.16 bits per heavy atom. The molecule has 1 saturated heterocycles. The Morgan fingerprint density at radius 3 is 2.87 bits per heavy atom. The number of hydrazine groups is 1. The van der Waals surface area contributed by atoms with Crippen molar-refractivity contribution < 1.29 is 14.6 Å². The predicted molar refractivity (Wildman–Crippen MR) is 119 cm³/mol. The molecule has 162 valence electrons. The highest BCUT2D eigenvalue weighted by molar-refractivity contribution is 8.00. The number of hydrogen-bond acceptors (Lipinski definition) is 8. The molecule has 8 nitrogen and oxygen atoms in total. The molecule has 0 spiro atoms. The Balaban J connectivity index is 1.59. The predicted octanol–water partition coefficient (Wildman–Crippen LogP) is 2.23. The molecule has 31 heavy (non-hydrogen) atoms. The van der Waals surface area contributed by atoms with E-state index in [2.05, 4.69) is 32.6 Å². The number of ether oxygens (including phenoxy) is 1. The largest absolute Gasteiger partial charge is 0.494 e. The molecule has 1 amide bonds. The number of pyridine rings is 2. The minimum absolute atomic E-state index is 0.0423. The lowest BCUT2D eigenvalue weighted by molar-refractivity contribution is 0.0934. The van der Waals surface area contributed by atoms with Crippen molar-refractivity contribution in [2.45, 2.75) is 30.3 Å². The minimum atomic E-state index is -0.343. The van der Waals surface area contributed by atoms with E-state index in [9.17, 15) is 9.90 Å². The van der Waals surface area contributed by atoms with Gasteiger partial charge in [0, 0.05) is 30.3 Å². The first-order chi connectivity index (χ1) is 15.0. The smallest absolute Gasteiger partial charge is 0.255 e. The monoisotopic (exact) mass is 459 g/mol. The maximum atomic E-state index is 13.2. The summed E-state index contributed by atoms with van der Waals surface area (Å²) in [6.07, 6.45) is 5.27. The molecule has 2 fully saturated rings. The van der Waals surface area contributed by atoms with Crippen molar-refractivity contribution in [3.8, 4) is 28.7 Å². The number of aliphatic hydroxyl groups excluding tert-OH is 1. The molecule has 1 aliphatic heterocycles. The standard InChI is InChI=1S/C21H22ClN5O3S/c1-27-19(6-5-12-3-4-12)31-21(26-27)25-20(29)16-9-23-13(11-28)7-14(16)15-8-18(22)24-10-17(15)30-2/h7-10,12,19,21,26,28H,3-4,11H2,1-2H3,(H,25,29). The van der Waals surface area contributed by atoms with Crippen molar-refractivity contribution in [1.82, 2.24) is 25.7 Å². The van der Waals surface area contributed by atoms with Gasteiger partial charge in [-0.1, -0.05) is 35.2 Å². The molecule has 0 bridgehead atoms. The lowest BCUT2D eigenvalue weighted by Crippen LogP contribution is -2.44. The van der Waals surface area contributed by atoms with Gasteiger partial charge in [-0.25, -0.2) is 15.4 Å². The molecule has 10 heteroatoms. The van der Waals surface area contributed by atoms with Crippen LogP contribution in [-0.2, 0) is 6.61 Å². The molecular weight excluding hydrogens is 438 g/mol. The molecule has 0 aromatic carbocycles. The zero-order chi connectivity index (χ0) is 22.0. The third-order valence-electron chi connectivity index (χ3n) is 4.90. The molecule has 0 radical (unpaired) electrons. The molecule has 1 aliphatic carbocycles. The third-order valence-corrected chi connectivity index (χ3v) is 6.29. The van der Waals surface area contributed by atoms with Crippen molar-refractivity contribution in [2.24, 2.45) is 5.92 Å². The van der Waals surface area contributed by atoms with Crippen LogP contribution >= 0.6 is 23.4 Å². The average Bonchev–Trinajstić information content (AvgIpc) is 3.54. The highest BCUT2D eigenvalue weighted by Crippen LogP contribution is 2.34. The van der Waals surface area contributed by atoms with Gasteiger partial charge in [0.25, 0.3) is 5.91 Å². The number of amides is 1. The van der Waals surface area contributed by atoms with E-state index in [0.29, 0.717) is 34.1 Å². The Bertz CT molecular complexity index is 1050. The second-order valence-electron chi connectivity index (χ2n) is 7.23. The normalized spacial score (nSPS) is 20.8. The first-order valence-electron chi connectivity index (χ1n) is 9.74.